The highest BCUT2D eigenvalue weighted by atomic mass is 16.2. The van der Waals surface area contributed by atoms with Crippen LogP contribution in [0, 0.1) is 11.8 Å². The smallest absolute Gasteiger partial charge is 0.222 e. The second-order valence-electron chi connectivity index (χ2n) is 6.32. The van der Waals surface area contributed by atoms with Crippen LogP contribution in [0.4, 0.5) is 0 Å². The lowest BCUT2D eigenvalue weighted by atomic mass is 9.95. The lowest BCUT2D eigenvalue weighted by molar-refractivity contribution is -0.130. The lowest BCUT2D eigenvalue weighted by Crippen LogP contribution is -2.36. The molecule has 0 bridgehead atoms. The molecule has 2 unspecified atom stereocenters. The fraction of sp³-hybridized carbons (Fsp3) is 0.933. The zero-order valence-electron chi connectivity index (χ0n) is 12.0. The normalized spacial score (nSPS) is 28.9. The molecule has 3 heteroatoms. The van der Waals surface area contributed by atoms with Crippen molar-refractivity contribution in [3.05, 3.63) is 0 Å². The van der Waals surface area contributed by atoms with Gasteiger partial charge in [-0.2, -0.15) is 0 Å². The van der Waals surface area contributed by atoms with Gasteiger partial charge < -0.3 is 10.2 Å². The van der Waals surface area contributed by atoms with Gasteiger partial charge in [0.2, 0.25) is 5.91 Å². The van der Waals surface area contributed by atoms with Crippen molar-refractivity contribution in [2.75, 3.05) is 19.6 Å². The molecule has 18 heavy (non-hydrogen) atoms. The van der Waals surface area contributed by atoms with Crippen LogP contribution in [0.1, 0.15) is 52.4 Å². The predicted octanol–water partition coefficient (Wildman–Crippen LogP) is 2.41. The molecule has 0 aromatic rings. The number of carbonyl (C=O) groups excluding carboxylic acids is 1. The number of likely N-dealkylation sites (tertiary alicyclic amines) is 1. The summed E-state index contributed by atoms with van der Waals surface area (Å²) in [6.45, 7) is 7.65. The van der Waals surface area contributed by atoms with Gasteiger partial charge in [-0.1, -0.05) is 20.3 Å². The fourth-order valence-electron chi connectivity index (χ4n) is 3.18. The van der Waals surface area contributed by atoms with Gasteiger partial charge in [0.15, 0.2) is 0 Å². The Hall–Kier alpha value is -0.570. The summed E-state index contributed by atoms with van der Waals surface area (Å²) in [4.78, 5) is 14.2. The molecule has 1 amide bonds. The van der Waals surface area contributed by atoms with Crippen molar-refractivity contribution < 1.29 is 4.79 Å². The number of amides is 1. The average Bonchev–Trinajstić information content (AvgIpc) is 2.87. The molecule has 2 heterocycles. The number of piperidine rings is 1. The fourth-order valence-corrected chi connectivity index (χ4v) is 3.18. The number of nitrogens with zero attached hydrogens (tertiary/aromatic N) is 1. The molecule has 2 aliphatic rings. The third-order valence-corrected chi connectivity index (χ3v) is 4.64. The molecule has 104 valence electrons. The van der Waals surface area contributed by atoms with Gasteiger partial charge >= 0.3 is 0 Å². The maximum Gasteiger partial charge on any atom is 0.222 e. The largest absolute Gasteiger partial charge is 0.342 e. The molecule has 3 nitrogen and oxygen atoms in total. The van der Waals surface area contributed by atoms with Crippen LogP contribution in [0.15, 0.2) is 0 Å². The summed E-state index contributed by atoms with van der Waals surface area (Å²) in [5, 5.41) is 3.52. The number of carbonyl (C=O) groups is 1. The van der Waals surface area contributed by atoms with Crippen LogP contribution in [-0.2, 0) is 4.79 Å². The Morgan fingerprint density at radius 1 is 1.33 bits per heavy atom. The Labute approximate surface area is 111 Å². The molecule has 0 saturated carbocycles. The van der Waals surface area contributed by atoms with E-state index in [-0.39, 0.29) is 0 Å². The zero-order valence-corrected chi connectivity index (χ0v) is 12.0. The zero-order chi connectivity index (χ0) is 13.0. The molecule has 0 radical (unpaired) electrons. The molecule has 0 spiro atoms. The number of hydrogen-bond acceptors (Lipinski definition) is 2. The van der Waals surface area contributed by atoms with Gasteiger partial charge in [-0.15, -0.1) is 0 Å². The van der Waals surface area contributed by atoms with Crippen molar-refractivity contribution in [3.8, 4) is 0 Å². The van der Waals surface area contributed by atoms with E-state index >= 15 is 0 Å². The average molecular weight is 252 g/mol. The van der Waals surface area contributed by atoms with E-state index in [4.69, 9.17) is 0 Å². The second kappa shape index (κ2) is 6.55. The summed E-state index contributed by atoms with van der Waals surface area (Å²) in [7, 11) is 0. The molecule has 0 aromatic heterocycles. The van der Waals surface area contributed by atoms with Gasteiger partial charge in [-0.3, -0.25) is 4.79 Å². The minimum Gasteiger partial charge on any atom is -0.342 e. The highest BCUT2D eigenvalue weighted by molar-refractivity contribution is 5.76. The van der Waals surface area contributed by atoms with E-state index in [1.807, 2.05) is 0 Å². The van der Waals surface area contributed by atoms with E-state index in [1.165, 1.54) is 25.7 Å². The van der Waals surface area contributed by atoms with Gasteiger partial charge in [0, 0.05) is 25.6 Å². The summed E-state index contributed by atoms with van der Waals surface area (Å²) in [5.74, 6) is 1.81. The van der Waals surface area contributed by atoms with Crippen molar-refractivity contribution >= 4 is 5.91 Å². The molecule has 0 aliphatic carbocycles. The van der Waals surface area contributed by atoms with Crippen LogP contribution in [0.25, 0.3) is 0 Å². The number of nitrogens with one attached hydrogen (secondary N) is 1. The molecular formula is C15H28N2O. The van der Waals surface area contributed by atoms with Crippen LogP contribution < -0.4 is 5.32 Å². The maximum atomic E-state index is 12.2. The van der Waals surface area contributed by atoms with Gasteiger partial charge in [0.05, 0.1) is 0 Å². The van der Waals surface area contributed by atoms with Crippen molar-refractivity contribution in [1.82, 2.24) is 10.2 Å². The van der Waals surface area contributed by atoms with Gasteiger partial charge in [0.1, 0.15) is 0 Å². The van der Waals surface area contributed by atoms with Crippen molar-refractivity contribution in [3.63, 3.8) is 0 Å². The monoisotopic (exact) mass is 252 g/mol. The molecular weight excluding hydrogens is 224 g/mol. The van der Waals surface area contributed by atoms with E-state index < -0.39 is 0 Å². The maximum absolute atomic E-state index is 12.2. The highest BCUT2D eigenvalue weighted by Gasteiger charge is 2.28. The number of rotatable bonds is 4. The standard InChI is InChI=1S/C15H28N2O/c1-12(2)13-8-10-17(11-13)15(18)7-6-14-5-3-4-9-16-14/h12-14,16H,3-11H2,1-2H3. The Morgan fingerprint density at radius 2 is 2.17 bits per heavy atom. The molecule has 2 aliphatic heterocycles. The summed E-state index contributed by atoms with van der Waals surface area (Å²) in [5.41, 5.74) is 0. The third kappa shape index (κ3) is 3.71. The van der Waals surface area contributed by atoms with E-state index in [2.05, 4.69) is 24.1 Å². The van der Waals surface area contributed by atoms with Gasteiger partial charge in [-0.05, 0) is 44.1 Å². The van der Waals surface area contributed by atoms with E-state index in [0.29, 0.717) is 17.9 Å². The first-order chi connectivity index (χ1) is 8.66. The SMILES string of the molecule is CC(C)C1CCN(C(=O)CCC2CCCCN2)C1. The molecule has 2 saturated heterocycles. The summed E-state index contributed by atoms with van der Waals surface area (Å²) >= 11 is 0. The Bertz CT molecular complexity index is 272. The van der Waals surface area contributed by atoms with E-state index in [0.717, 1.165) is 38.4 Å². The van der Waals surface area contributed by atoms with E-state index in [1.54, 1.807) is 0 Å². The quantitative estimate of drug-likeness (QED) is 0.833. The molecule has 2 fully saturated rings. The summed E-state index contributed by atoms with van der Waals surface area (Å²) in [6, 6.07) is 0.589. The number of hydrogen-bond donors (Lipinski definition) is 1. The van der Waals surface area contributed by atoms with Crippen LogP contribution in [0.5, 0.6) is 0 Å². The summed E-state index contributed by atoms with van der Waals surface area (Å²) in [6.07, 6.45) is 6.84. The van der Waals surface area contributed by atoms with Crippen molar-refractivity contribution in [1.29, 1.82) is 0 Å². The van der Waals surface area contributed by atoms with Crippen LogP contribution >= 0.6 is 0 Å². The minimum atomic E-state index is 0.380. The third-order valence-electron chi connectivity index (χ3n) is 4.64. The van der Waals surface area contributed by atoms with Crippen molar-refractivity contribution in [2.24, 2.45) is 11.8 Å². The topological polar surface area (TPSA) is 32.3 Å². The Balaban J connectivity index is 1.68. The minimum absolute atomic E-state index is 0.380. The van der Waals surface area contributed by atoms with Crippen LogP contribution in [0.3, 0.4) is 0 Å². The molecule has 2 atom stereocenters. The second-order valence-corrected chi connectivity index (χ2v) is 6.32. The lowest BCUT2D eigenvalue weighted by Gasteiger charge is -2.24. The Morgan fingerprint density at radius 3 is 2.78 bits per heavy atom. The summed E-state index contributed by atoms with van der Waals surface area (Å²) < 4.78 is 0. The first kappa shape index (κ1) is 13.9. The van der Waals surface area contributed by atoms with Gasteiger partial charge in [-0.25, -0.2) is 0 Å². The van der Waals surface area contributed by atoms with Crippen molar-refractivity contribution in [2.45, 2.75) is 58.4 Å². The van der Waals surface area contributed by atoms with E-state index in [9.17, 15) is 4.79 Å². The first-order valence-corrected chi connectivity index (χ1v) is 7.68. The van der Waals surface area contributed by atoms with Gasteiger partial charge in [0.25, 0.3) is 0 Å². The first-order valence-electron chi connectivity index (χ1n) is 7.68. The van der Waals surface area contributed by atoms with Crippen LogP contribution in [0.2, 0.25) is 0 Å². The highest BCUT2D eigenvalue weighted by Crippen LogP contribution is 2.24. The van der Waals surface area contributed by atoms with Crippen LogP contribution in [-0.4, -0.2) is 36.5 Å². The molecule has 1 N–H and O–H groups in total. The predicted molar refractivity (Wildman–Crippen MR) is 74.4 cm³/mol. The molecule has 2 rings (SSSR count). The molecule has 0 aromatic carbocycles. The Kier molecular flexibility index (Phi) is 5.04.